The molecule has 110 valence electrons. The van der Waals surface area contributed by atoms with E-state index < -0.39 is 0 Å². The predicted octanol–water partition coefficient (Wildman–Crippen LogP) is 2.75. The maximum absolute atomic E-state index is 11.5. The molecule has 1 aliphatic carbocycles. The number of anilines is 1. The lowest BCUT2D eigenvalue weighted by Crippen LogP contribution is -2.10. The first-order chi connectivity index (χ1) is 9.65. The van der Waals surface area contributed by atoms with Gasteiger partial charge in [-0.2, -0.15) is 0 Å². The minimum atomic E-state index is -0.200. The number of nitrogens with zero attached hydrogens (tertiary/aromatic N) is 2. The van der Waals surface area contributed by atoms with Crippen molar-refractivity contribution in [2.75, 3.05) is 24.2 Å². The molecular formula is C14H21N3O2S. The molecular weight excluding hydrogens is 274 g/mol. The Morgan fingerprint density at radius 1 is 1.40 bits per heavy atom. The summed E-state index contributed by atoms with van der Waals surface area (Å²) in [6.45, 7) is 7.08. The third-order valence-corrected chi connectivity index (χ3v) is 4.09. The number of thioether (sulfide) groups is 1. The normalized spacial score (nSPS) is 14.2. The SMILES string of the molecule is CCNc1nc(C2CC2)nc(SCC(=O)OCC)c1C. The highest BCUT2D eigenvalue weighted by Gasteiger charge is 2.28. The van der Waals surface area contributed by atoms with Gasteiger partial charge in [-0.25, -0.2) is 9.97 Å². The number of nitrogens with one attached hydrogen (secondary N) is 1. The second-order valence-electron chi connectivity index (χ2n) is 4.76. The van der Waals surface area contributed by atoms with Crippen LogP contribution in [-0.2, 0) is 9.53 Å². The number of hydrogen-bond acceptors (Lipinski definition) is 6. The minimum Gasteiger partial charge on any atom is -0.465 e. The molecule has 1 fully saturated rings. The van der Waals surface area contributed by atoms with E-state index in [9.17, 15) is 4.79 Å². The van der Waals surface area contributed by atoms with Gasteiger partial charge in [-0.05, 0) is 33.6 Å². The van der Waals surface area contributed by atoms with Crippen LogP contribution in [0.4, 0.5) is 5.82 Å². The van der Waals surface area contributed by atoms with E-state index in [0.29, 0.717) is 18.3 Å². The number of carbonyl (C=O) groups excluding carboxylic acids is 1. The molecule has 1 aliphatic rings. The highest BCUT2D eigenvalue weighted by atomic mass is 32.2. The van der Waals surface area contributed by atoms with Gasteiger partial charge >= 0.3 is 5.97 Å². The highest BCUT2D eigenvalue weighted by Crippen LogP contribution is 2.40. The Balaban J connectivity index is 2.14. The number of esters is 1. The zero-order valence-corrected chi connectivity index (χ0v) is 13.0. The van der Waals surface area contributed by atoms with E-state index in [1.165, 1.54) is 11.8 Å². The highest BCUT2D eigenvalue weighted by molar-refractivity contribution is 7.99. The summed E-state index contributed by atoms with van der Waals surface area (Å²) >= 11 is 1.43. The molecule has 2 rings (SSSR count). The second kappa shape index (κ2) is 6.92. The lowest BCUT2D eigenvalue weighted by molar-refractivity contribution is -0.139. The van der Waals surface area contributed by atoms with E-state index in [2.05, 4.69) is 15.3 Å². The largest absolute Gasteiger partial charge is 0.465 e. The van der Waals surface area contributed by atoms with Crippen LogP contribution in [0, 0.1) is 6.92 Å². The third-order valence-electron chi connectivity index (χ3n) is 3.04. The molecule has 0 radical (unpaired) electrons. The summed E-state index contributed by atoms with van der Waals surface area (Å²) in [5.41, 5.74) is 1.01. The minimum absolute atomic E-state index is 0.200. The molecule has 0 bridgehead atoms. The first-order valence-corrected chi connectivity index (χ1v) is 8.05. The zero-order chi connectivity index (χ0) is 14.5. The summed E-state index contributed by atoms with van der Waals surface area (Å²) < 4.78 is 4.95. The van der Waals surface area contributed by atoms with Crippen LogP contribution in [0.2, 0.25) is 0 Å². The van der Waals surface area contributed by atoms with Gasteiger partial charge in [0.15, 0.2) is 0 Å². The molecule has 0 aromatic carbocycles. The van der Waals surface area contributed by atoms with Crippen molar-refractivity contribution in [2.24, 2.45) is 0 Å². The van der Waals surface area contributed by atoms with Crippen molar-refractivity contribution in [3.8, 4) is 0 Å². The van der Waals surface area contributed by atoms with Crippen LogP contribution in [0.3, 0.4) is 0 Å². The topological polar surface area (TPSA) is 64.1 Å². The Kier molecular flexibility index (Phi) is 5.23. The van der Waals surface area contributed by atoms with E-state index in [1.54, 1.807) is 0 Å². The molecule has 0 spiro atoms. The predicted molar refractivity (Wildman–Crippen MR) is 80.3 cm³/mol. The lowest BCUT2D eigenvalue weighted by atomic mass is 10.3. The van der Waals surface area contributed by atoms with Gasteiger partial charge in [-0.1, -0.05) is 11.8 Å². The van der Waals surface area contributed by atoms with Crippen molar-refractivity contribution in [1.29, 1.82) is 0 Å². The molecule has 0 saturated heterocycles. The van der Waals surface area contributed by atoms with E-state index >= 15 is 0 Å². The number of ether oxygens (including phenoxy) is 1. The lowest BCUT2D eigenvalue weighted by Gasteiger charge is -2.12. The van der Waals surface area contributed by atoms with Gasteiger partial charge in [0.05, 0.1) is 12.4 Å². The summed E-state index contributed by atoms with van der Waals surface area (Å²) in [6.07, 6.45) is 2.33. The van der Waals surface area contributed by atoms with Gasteiger partial charge in [0, 0.05) is 18.0 Å². The van der Waals surface area contributed by atoms with E-state index in [0.717, 1.165) is 41.6 Å². The maximum atomic E-state index is 11.5. The van der Waals surface area contributed by atoms with Crippen molar-refractivity contribution >= 4 is 23.5 Å². The Hall–Kier alpha value is -1.30. The summed E-state index contributed by atoms with van der Waals surface area (Å²) in [5, 5.41) is 4.15. The van der Waals surface area contributed by atoms with Gasteiger partial charge in [-0.3, -0.25) is 4.79 Å². The number of aromatic nitrogens is 2. The molecule has 0 unspecified atom stereocenters. The third kappa shape index (κ3) is 3.85. The average Bonchev–Trinajstić information content (AvgIpc) is 3.24. The second-order valence-corrected chi connectivity index (χ2v) is 5.72. The fraction of sp³-hybridized carbons (Fsp3) is 0.643. The van der Waals surface area contributed by atoms with Gasteiger partial charge in [0.2, 0.25) is 0 Å². The molecule has 5 nitrogen and oxygen atoms in total. The molecule has 1 aromatic heterocycles. The number of rotatable bonds is 7. The molecule has 1 N–H and O–H groups in total. The van der Waals surface area contributed by atoms with Crippen LogP contribution in [0.15, 0.2) is 5.03 Å². The first-order valence-electron chi connectivity index (χ1n) is 7.06. The van der Waals surface area contributed by atoms with E-state index in [-0.39, 0.29) is 5.97 Å². The van der Waals surface area contributed by atoms with Gasteiger partial charge in [0.1, 0.15) is 16.7 Å². The Bertz CT molecular complexity index is 490. The molecule has 0 amide bonds. The maximum Gasteiger partial charge on any atom is 0.316 e. The van der Waals surface area contributed by atoms with Crippen molar-refractivity contribution < 1.29 is 9.53 Å². The molecule has 1 aromatic rings. The van der Waals surface area contributed by atoms with Gasteiger partial charge < -0.3 is 10.1 Å². The number of carbonyl (C=O) groups is 1. The summed E-state index contributed by atoms with van der Waals surface area (Å²) in [7, 11) is 0. The standard InChI is InChI=1S/C14H21N3O2S/c1-4-15-12-9(3)14(20-8-11(18)19-5-2)17-13(16-12)10-6-7-10/h10H,4-8H2,1-3H3,(H,15,16,17). The Morgan fingerprint density at radius 2 is 2.15 bits per heavy atom. The quantitative estimate of drug-likeness (QED) is 0.474. The van der Waals surface area contributed by atoms with Crippen LogP contribution < -0.4 is 5.32 Å². The fourth-order valence-electron chi connectivity index (χ4n) is 1.85. The summed E-state index contributed by atoms with van der Waals surface area (Å²) in [5.74, 6) is 2.37. The van der Waals surface area contributed by atoms with Gasteiger partial charge in [-0.15, -0.1) is 0 Å². The van der Waals surface area contributed by atoms with Crippen molar-refractivity contribution in [1.82, 2.24) is 9.97 Å². The summed E-state index contributed by atoms with van der Waals surface area (Å²) in [4.78, 5) is 20.7. The fourth-order valence-corrected chi connectivity index (χ4v) is 2.66. The van der Waals surface area contributed by atoms with E-state index in [1.807, 2.05) is 20.8 Å². The van der Waals surface area contributed by atoms with Crippen molar-refractivity contribution in [3.63, 3.8) is 0 Å². The molecule has 20 heavy (non-hydrogen) atoms. The molecule has 1 saturated carbocycles. The first kappa shape index (κ1) is 15.1. The van der Waals surface area contributed by atoms with Crippen LogP contribution in [0.5, 0.6) is 0 Å². The molecule has 0 aliphatic heterocycles. The van der Waals surface area contributed by atoms with Crippen molar-refractivity contribution in [3.05, 3.63) is 11.4 Å². The molecule has 6 heteroatoms. The van der Waals surface area contributed by atoms with Crippen LogP contribution in [0.1, 0.15) is 44.0 Å². The van der Waals surface area contributed by atoms with Crippen LogP contribution in [-0.4, -0.2) is 34.8 Å². The Morgan fingerprint density at radius 3 is 2.75 bits per heavy atom. The monoisotopic (exact) mass is 295 g/mol. The van der Waals surface area contributed by atoms with Crippen LogP contribution in [0.25, 0.3) is 0 Å². The van der Waals surface area contributed by atoms with Crippen LogP contribution >= 0.6 is 11.8 Å². The van der Waals surface area contributed by atoms with Crippen molar-refractivity contribution in [2.45, 2.75) is 44.6 Å². The van der Waals surface area contributed by atoms with E-state index in [4.69, 9.17) is 4.74 Å². The Labute approximate surface area is 123 Å². The number of hydrogen-bond donors (Lipinski definition) is 1. The zero-order valence-electron chi connectivity index (χ0n) is 12.2. The average molecular weight is 295 g/mol. The smallest absolute Gasteiger partial charge is 0.316 e. The molecule has 1 heterocycles. The summed E-state index contributed by atoms with van der Waals surface area (Å²) in [6, 6.07) is 0. The molecule has 0 atom stereocenters. The van der Waals surface area contributed by atoms with Gasteiger partial charge in [0.25, 0.3) is 0 Å².